The average molecular weight is 204 g/mol. The zero-order valence-corrected chi connectivity index (χ0v) is 8.76. The summed E-state index contributed by atoms with van der Waals surface area (Å²) in [5.74, 6) is 0.824. The van der Waals surface area contributed by atoms with Crippen molar-refractivity contribution >= 4 is 5.84 Å². The van der Waals surface area contributed by atoms with Crippen LogP contribution in [-0.2, 0) is 6.54 Å². The summed E-state index contributed by atoms with van der Waals surface area (Å²) in [7, 11) is 0. The monoisotopic (exact) mass is 204 g/mol. The Labute approximate surface area is 90.0 Å². The average Bonchev–Trinajstić information content (AvgIpc) is 2.31. The first kappa shape index (κ1) is 10.0. The predicted octanol–water partition coefficient (Wildman–Crippen LogP) is 2.46. The molecule has 15 heavy (non-hydrogen) atoms. The van der Waals surface area contributed by atoms with E-state index in [1.54, 1.807) is 0 Å². The molecule has 0 radical (unpaired) electrons. The molecule has 0 aliphatic carbocycles. The second-order valence-corrected chi connectivity index (χ2v) is 3.88. The maximum Gasteiger partial charge on any atom is 0.144 e. The van der Waals surface area contributed by atoms with Crippen LogP contribution in [0.1, 0.15) is 24.8 Å². The Bertz CT molecular complexity index is 335. The van der Waals surface area contributed by atoms with E-state index in [0.29, 0.717) is 0 Å². The maximum atomic E-state index is 8.89. The molecule has 1 heterocycles. The molecule has 2 rings (SSSR count). The van der Waals surface area contributed by atoms with Gasteiger partial charge in [0.15, 0.2) is 0 Å². The number of oxime groups is 1. The number of rotatable bonds is 2. The molecule has 0 amide bonds. The number of amidine groups is 1. The van der Waals surface area contributed by atoms with Crippen LogP contribution in [-0.4, -0.2) is 22.5 Å². The standard InChI is InChI=1S/C12H16N2O/c15-13-12-8-4-5-9-14(12)10-11-6-2-1-3-7-11/h1-3,6-7,15H,4-5,8-10H2. The SMILES string of the molecule is ON=C1CCCCN1Cc1ccccc1. The van der Waals surface area contributed by atoms with E-state index >= 15 is 0 Å². The zero-order valence-electron chi connectivity index (χ0n) is 8.76. The summed E-state index contributed by atoms with van der Waals surface area (Å²) < 4.78 is 0. The molecule has 0 unspecified atom stereocenters. The van der Waals surface area contributed by atoms with Gasteiger partial charge in [-0.2, -0.15) is 0 Å². The van der Waals surface area contributed by atoms with Gasteiger partial charge in [-0.3, -0.25) is 0 Å². The minimum Gasteiger partial charge on any atom is -0.409 e. The number of hydrogen-bond donors (Lipinski definition) is 1. The number of likely N-dealkylation sites (tertiary alicyclic amines) is 1. The molecule has 0 bridgehead atoms. The van der Waals surface area contributed by atoms with Gasteiger partial charge in [-0.1, -0.05) is 35.5 Å². The van der Waals surface area contributed by atoms with E-state index in [9.17, 15) is 0 Å². The maximum absolute atomic E-state index is 8.89. The lowest BCUT2D eigenvalue weighted by molar-refractivity contribution is 0.282. The first-order chi connectivity index (χ1) is 7.40. The van der Waals surface area contributed by atoms with Gasteiger partial charge in [0.25, 0.3) is 0 Å². The third-order valence-corrected chi connectivity index (χ3v) is 2.78. The molecule has 1 aromatic rings. The van der Waals surface area contributed by atoms with E-state index in [1.165, 1.54) is 12.0 Å². The van der Waals surface area contributed by atoms with Crippen LogP contribution in [0.2, 0.25) is 0 Å². The molecule has 3 nitrogen and oxygen atoms in total. The topological polar surface area (TPSA) is 35.8 Å². The van der Waals surface area contributed by atoms with Crippen molar-refractivity contribution < 1.29 is 5.21 Å². The van der Waals surface area contributed by atoms with Gasteiger partial charge in [0.05, 0.1) is 0 Å². The summed E-state index contributed by atoms with van der Waals surface area (Å²) in [6.45, 7) is 1.84. The smallest absolute Gasteiger partial charge is 0.144 e. The largest absolute Gasteiger partial charge is 0.409 e. The predicted molar refractivity (Wildman–Crippen MR) is 59.9 cm³/mol. The van der Waals surface area contributed by atoms with Crippen molar-refractivity contribution in [3.05, 3.63) is 35.9 Å². The van der Waals surface area contributed by atoms with Gasteiger partial charge in [0.2, 0.25) is 0 Å². The summed E-state index contributed by atoms with van der Waals surface area (Å²) >= 11 is 0. The van der Waals surface area contributed by atoms with Crippen molar-refractivity contribution in [3.8, 4) is 0 Å². The van der Waals surface area contributed by atoms with Crippen molar-refractivity contribution in [1.29, 1.82) is 0 Å². The van der Waals surface area contributed by atoms with E-state index in [2.05, 4.69) is 22.2 Å². The van der Waals surface area contributed by atoms with Gasteiger partial charge < -0.3 is 10.1 Å². The lowest BCUT2D eigenvalue weighted by Crippen LogP contribution is -2.34. The summed E-state index contributed by atoms with van der Waals surface area (Å²) in [5, 5.41) is 12.3. The van der Waals surface area contributed by atoms with Crippen molar-refractivity contribution in [3.63, 3.8) is 0 Å². The Morgan fingerprint density at radius 2 is 2.00 bits per heavy atom. The van der Waals surface area contributed by atoms with Gasteiger partial charge in [-0.25, -0.2) is 0 Å². The molecule has 1 saturated heterocycles. The molecular formula is C12H16N2O. The van der Waals surface area contributed by atoms with Crippen LogP contribution in [0.4, 0.5) is 0 Å². The van der Waals surface area contributed by atoms with Gasteiger partial charge >= 0.3 is 0 Å². The second kappa shape index (κ2) is 4.82. The molecular weight excluding hydrogens is 188 g/mol. The molecule has 0 saturated carbocycles. The molecule has 0 aromatic heterocycles. The van der Waals surface area contributed by atoms with Crippen LogP contribution in [0.3, 0.4) is 0 Å². The van der Waals surface area contributed by atoms with Crippen LogP contribution < -0.4 is 0 Å². The summed E-state index contributed by atoms with van der Waals surface area (Å²) in [6.07, 6.45) is 3.21. The fraction of sp³-hybridized carbons (Fsp3) is 0.417. The fourth-order valence-corrected chi connectivity index (χ4v) is 1.96. The first-order valence-corrected chi connectivity index (χ1v) is 5.40. The van der Waals surface area contributed by atoms with Crippen molar-refractivity contribution in [2.75, 3.05) is 6.54 Å². The fourth-order valence-electron chi connectivity index (χ4n) is 1.96. The Balaban J connectivity index is 2.04. The van der Waals surface area contributed by atoms with Crippen molar-refractivity contribution in [2.24, 2.45) is 5.16 Å². The molecule has 1 aliphatic rings. The number of nitrogens with zero attached hydrogens (tertiary/aromatic N) is 2. The van der Waals surface area contributed by atoms with Crippen LogP contribution in [0.5, 0.6) is 0 Å². The lowest BCUT2D eigenvalue weighted by Gasteiger charge is -2.29. The van der Waals surface area contributed by atoms with Crippen LogP contribution in [0.15, 0.2) is 35.5 Å². The van der Waals surface area contributed by atoms with Crippen LogP contribution >= 0.6 is 0 Å². The van der Waals surface area contributed by atoms with E-state index < -0.39 is 0 Å². The highest BCUT2D eigenvalue weighted by molar-refractivity contribution is 5.82. The highest BCUT2D eigenvalue weighted by Gasteiger charge is 2.16. The van der Waals surface area contributed by atoms with Crippen molar-refractivity contribution in [1.82, 2.24) is 4.90 Å². The lowest BCUT2D eigenvalue weighted by atomic mass is 10.1. The highest BCUT2D eigenvalue weighted by Crippen LogP contribution is 2.15. The molecule has 1 aliphatic heterocycles. The third kappa shape index (κ3) is 2.49. The minimum absolute atomic E-state index is 0.824. The second-order valence-electron chi connectivity index (χ2n) is 3.88. The number of benzene rings is 1. The molecule has 0 atom stereocenters. The number of piperidine rings is 1. The summed E-state index contributed by atoms with van der Waals surface area (Å²) in [6, 6.07) is 10.3. The first-order valence-electron chi connectivity index (χ1n) is 5.40. The van der Waals surface area contributed by atoms with E-state index in [4.69, 9.17) is 5.21 Å². The minimum atomic E-state index is 0.824. The van der Waals surface area contributed by atoms with Gasteiger partial charge in [0.1, 0.15) is 5.84 Å². The van der Waals surface area contributed by atoms with E-state index in [1.807, 2.05) is 18.2 Å². The Morgan fingerprint density at radius 1 is 1.20 bits per heavy atom. The highest BCUT2D eigenvalue weighted by atomic mass is 16.4. The quantitative estimate of drug-likeness (QED) is 0.593. The van der Waals surface area contributed by atoms with E-state index in [0.717, 1.165) is 31.8 Å². The van der Waals surface area contributed by atoms with Crippen LogP contribution in [0, 0.1) is 0 Å². The molecule has 0 spiro atoms. The van der Waals surface area contributed by atoms with Gasteiger partial charge in [0, 0.05) is 19.5 Å². The summed E-state index contributed by atoms with van der Waals surface area (Å²) in [5.41, 5.74) is 1.26. The Hall–Kier alpha value is -1.51. The molecule has 1 aromatic carbocycles. The Morgan fingerprint density at radius 3 is 2.73 bits per heavy atom. The molecule has 1 N–H and O–H groups in total. The summed E-state index contributed by atoms with van der Waals surface area (Å²) in [4.78, 5) is 2.15. The van der Waals surface area contributed by atoms with Crippen molar-refractivity contribution in [2.45, 2.75) is 25.8 Å². The molecule has 1 fully saturated rings. The molecule has 80 valence electrons. The van der Waals surface area contributed by atoms with Crippen LogP contribution in [0.25, 0.3) is 0 Å². The van der Waals surface area contributed by atoms with Gasteiger partial charge in [-0.05, 0) is 18.4 Å². The van der Waals surface area contributed by atoms with E-state index in [-0.39, 0.29) is 0 Å². The zero-order chi connectivity index (χ0) is 10.5. The van der Waals surface area contributed by atoms with Gasteiger partial charge in [-0.15, -0.1) is 0 Å². The Kier molecular flexibility index (Phi) is 3.22. The number of hydrogen-bond acceptors (Lipinski definition) is 2. The molecule has 3 heteroatoms. The normalized spacial score (nSPS) is 19.5. The third-order valence-electron chi connectivity index (χ3n) is 2.78.